The van der Waals surface area contributed by atoms with Gasteiger partial charge in [0.15, 0.2) is 10.3 Å². The molecule has 0 aliphatic carbocycles. The number of aryl methyl sites for hydroxylation is 3. The van der Waals surface area contributed by atoms with E-state index in [1.165, 1.54) is 29.6 Å². The van der Waals surface area contributed by atoms with Crippen molar-refractivity contribution < 1.29 is 9.18 Å². The number of carbonyl (C=O) groups excluding carboxylic acids is 1. The first-order valence-electron chi connectivity index (χ1n) is 9.41. The Labute approximate surface area is 183 Å². The number of rotatable bonds is 8. The number of aromatic nitrogens is 5. The molecule has 2 aromatic heterocycles. The Bertz CT molecular complexity index is 1040. The summed E-state index contributed by atoms with van der Waals surface area (Å²) in [5, 5.41) is 12.6. The second-order valence-corrected chi connectivity index (χ2v) is 8.55. The van der Waals surface area contributed by atoms with Gasteiger partial charge in [0.1, 0.15) is 11.6 Å². The van der Waals surface area contributed by atoms with Crippen molar-refractivity contribution in [2.45, 2.75) is 50.3 Å². The van der Waals surface area contributed by atoms with Gasteiger partial charge in [0, 0.05) is 23.6 Å². The van der Waals surface area contributed by atoms with Gasteiger partial charge in [0.2, 0.25) is 5.91 Å². The maximum Gasteiger partial charge on any atom is 0.234 e. The van der Waals surface area contributed by atoms with Crippen LogP contribution in [0.3, 0.4) is 0 Å². The average molecular weight is 447 g/mol. The number of nitrogens with one attached hydrogen (secondary N) is 1. The largest absolute Gasteiger partial charge is 0.325 e. The lowest BCUT2D eigenvalue weighted by molar-refractivity contribution is -0.113. The quantitative estimate of drug-likeness (QED) is 0.410. The highest BCUT2D eigenvalue weighted by molar-refractivity contribution is 7.99. The van der Waals surface area contributed by atoms with Gasteiger partial charge in [0.25, 0.3) is 0 Å². The molecule has 0 bridgehead atoms. The standard InChI is InChI=1S/C20H23FN6OS2/c1-5-27-17(10-29-19-22-13(3)8-14(4)23-19)25-26-20(27)30-11-18(28)24-15-7-6-12(2)16(21)9-15/h6-9H,5,10-11H2,1-4H3,(H,24,28). The first-order valence-corrected chi connectivity index (χ1v) is 11.4. The van der Waals surface area contributed by atoms with Crippen LogP contribution in [0.2, 0.25) is 0 Å². The normalized spacial score (nSPS) is 11.0. The summed E-state index contributed by atoms with van der Waals surface area (Å²) in [4.78, 5) is 21.1. The number of amides is 1. The van der Waals surface area contributed by atoms with E-state index in [9.17, 15) is 9.18 Å². The van der Waals surface area contributed by atoms with Crippen LogP contribution in [0.4, 0.5) is 10.1 Å². The van der Waals surface area contributed by atoms with Gasteiger partial charge in [-0.05, 0) is 51.5 Å². The van der Waals surface area contributed by atoms with E-state index < -0.39 is 0 Å². The molecular formula is C20H23FN6OS2. The summed E-state index contributed by atoms with van der Waals surface area (Å²) in [5.41, 5.74) is 2.83. The summed E-state index contributed by atoms with van der Waals surface area (Å²) in [6, 6.07) is 6.56. The van der Waals surface area contributed by atoms with E-state index in [2.05, 4.69) is 25.5 Å². The smallest absolute Gasteiger partial charge is 0.234 e. The molecule has 0 saturated carbocycles. The predicted octanol–water partition coefficient (Wildman–Crippen LogP) is 4.18. The van der Waals surface area contributed by atoms with Crippen LogP contribution in [0.25, 0.3) is 0 Å². The monoisotopic (exact) mass is 446 g/mol. The molecule has 0 unspecified atom stereocenters. The third-order valence-electron chi connectivity index (χ3n) is 4.19. The average Bonchev–Trinajstić information content (AvgIpc) is 3.09. The van der Waals surface area contributed by atoms with E-state index in [0.29, 0.717) is 33.9 Å². The number of thioether (sulfide) groups is 2. The van der Waals surface area contributed by atoms with Gasteiger partial charge in [-0.25, -0.2) is 14.4 Å². The first-order chi connectivity index (χ1) is 14.4. The highest BCUT2D eigenvalue weighted by Crippen LogP contribution is 2.23. The topological polar surface area (TPSA) is 85.6 Å². The molecule has 3 rings (SSSR count). The number of hydrogen-bond acceptors (Lipinski definition) is 7. The third kappa shape index (κ3) is 5.79. The van der Waals surface area contributed by atoms with E-state index in [0.717, 1.165) is 17.2 Å². The molecule has 7 nitrogen and oxygen atoms in total. The fourth-order valence-corrected chi connectivity index (χ4v) is 4.45. The van der Waals surface area contributed by atoms with Gasteiger partial charge in [-0.1, -0.05) is 29.6 Å². The van der Waals surface area contributed by atoms with E-state index >= 15 is 0 Å². The highest BCUT2D eigenvalue weighted by Gasteiger charge is 2.14. The summed E-state index contributed by atoms with van der Waals surface area (Å²) >= 11 is 2.80. The Kier molecular flexibility index (Phi) is 7.43. The van der Waals surface area contributed by atoms with Crippen LogP contribution in [-0.2, 0) is 17.1 Å². The fourth-order valence-electron chi connectivity index (χ4n) is 2.74. The Balaban J connectivity index is 1.59. The maximum atomic E-state index is 13.6. The van der Waals surface area contributed by atoms with Crippen molar-refractivity contribution in [3.05, 3.63) is 52.9 Å². The Morgan fingerprint density at radius 2 is 1.83 bits per heavy atom. The zero-order chi connectivity index (χ0) is 21.7. The van der Waals surface area contributed by atoms with Gasteiger partial charge in [-0.3, -0.25) is 4.79 Å². The van der Waals surface area contributed by atoms with Crippen molar-refractivity contribution in [3.63, 3.8) is 0 Å². The third-order valence-corrected chi connectivity index (χ3v) is 6.00. The summed E-state index contributed by atoms with van der Waals surface area (Å²) in [6.07, 6.45) is 0. The molecule has 0 saturated heterocycles. The number of nitrogens with zero attached hydrogens (tertiary/aromatic N) is 5. The lowest BCUT2D eigenvalue weighted by Gasteiger charge is -2.08. The van der Waals surface area contributed by atoms with Crippen molar-refractivity contribution in [2.24, 2.45) is 0 Å². The number of benzene rings is 1. The maximum absolute atomic E-state index is 13.6. The summed E-state index contributed by atoms with van der Waals surface area (Å²) in [6.45, 7) is 8.25. The van der Waals surface area contributed by atoms with Crippen LogP contribution < -0.4 is 5.32 Å². The Hall–Kier alpha value is -2.46. The van der Waals surface area contributed by atoms with Gasteiger partial charge in [0.05, 0.1) is 11.5 Å². The molecule has 1 aromatic carbocycles. The van der Waals surface area contributed by atoms with Crippen molar-refractivity contribution in [2.75, 3.05) is 11.1 Å². The molecule has 0 fully saturated rings. The van der Waals surface area contributed by atoms with Gasteiger partial charge in [-0.2, -0.15) is 0 Å². The fraction of sp³-hybridized carbons (Fsp3) is 0.350. The molecule has 30 heavy (non-hydrogen) atoms. The minimum absolute atomic E-state index is 0.154. The minimum atomic E-state index is -0.346. The molecule has 158 valence electrons. The van der Waals surface area contributed by atoms with Crippen LogP contribution in [0, 0.1) is 26.6 Å². The van der Waals surface area contributed by atoms with Crippen molar-refractivity contribution in [1.29, 1.82) is 0 Å². The molecule has 1 amide bonds. The SMILES string of the molecule is CCn1c(CSc2nc(C)cc(C)n2)nnc1SCC(=O)Nc1ccc(C)c(F)c1. The van der Waals surface area contributed by atoms with Crippen LogP contribution in [0.15, 0.2) is 34.6 Å². The molecule has 0 spiro atoms. The van der Waals surface area contributed by atoms with E-state index in [-0.39, 0.29) is 17.5 Å². The summed E-state index contributed by atoms with van der Waals surface area (Å²) in [5.74, 6) is 0.962. The molecule has 1 N–H and O–H groups in total. The molecular weight excluding hydrogens is 423 g/mol. The lowest BCUT2D eigenvalue weighted by Crippen LogP contribution is -2.15. The van der Waals surface area contributed by atoms with E-state index in [4.69, 9.17) is 0 Å². The van der Waals surface area contributed by atoms with Gasteiger partial charge in [-0.15, -0.1) is 10.2 Å². The van der Waals surface area contributed by atoms with Crippen LogP contribution in [0.1, 0.15) is 29.7 Å². The van der Waals surface area contributed by atoms with Gasteiger partial charge < -0.3 is 9.88 Å². The number of anilines is 1. The van der Waals surface area contributed by atoms with Crippen molar-refractivity contribution in [3.8, 4) is 0 Å². The Morgan fingerprint density at radius 3 is 2.50 bits per heavy atom. The molecule has 0 aliphatic heterocycles. The van der Waals surface area contributed by atoms with Crippen LogP contribution in [0.5, 0.6) is 0 Å². The lowest BCUT2D eigenvalue weighted by atomic mass is 10.2. The summed E-state index contributed by atoms with van der Waals surface area (Å²) < 4.78 is 15.6. The zero-order valence-electron chi connectivity index (χ0n) is 17.3. The molecule has 0 aliphatic rings. The molecule has 10 heteroatoms. The first kappa shape index (κ1) is 22.2. The van der Waals surface area contributed by atoms with Crippen molar-refractivity contribution >= 4 is 35.1 Å². The Morgan fingerprint density at radius 1 is 1.10 bits per heavy atom. The molecule has 3 aromatic rings. The van der Waals surface area contributed by atoms with E-state index in [1.807, 2.05) is 31.4 Å². The minimum Gasteiger partial charge on any atom is -0.325 e. The second-order valence-electron chi connectivity index (χ2n) is 6.67. The number of hydrogen-bond donors (Lipinski definition) is 1. The molecule has 0 radical (unpaired) electrons. The predicted molar refractivity (Wildman–Crippen MR) is 117 cm³/mol. The second kappa shape index (κ2) is 10.0. The van der Waals surface area contributed by atoms with Gasteiger partial charge >= 0.3 is 0 Å². The molecule has 2 heterocycles. The number of halogens is 1. The van der Waals surface area contributed by atoms with Crippen LogP contribution in [-0.4, -0.2) is 36.4 Å². The van der Waals surface area contributed by atoms with Crippen molar-refractivity contribution in [1.82, 2.24) is 24.7 Å². The molecule has 0 atom stereocenters. The van der Waals surface area contributed by atoms with Crippen LogP contribution >= 0.6 is 23.5 Å². The van der Waals surface area contributed by atoms with E-state index in [1.54, 1.807) is 19.1 Å². The zero-order valence-corrected chi connectivity index (χ0v) is 18.9. The number of carbonyl (C=O) groups is 1. The summed E-state index contributed by atoms with van der Waals surface area (Å²) in [7, 11) is 0. The highest BCUT2D eigenvalue weighted by atomic mass is 32.2.